The molecule has 2 atom stereocenters. The molecule has 0 saturated heterocycles. The Hall–Kier alpha value is -2.47. The van der Waals surface area contributed by atoms with Crippen LogP contribution >= 0.6 is 0 Å². The summed E-state index contributed by atoms with van der Waals surface area (Å²) in [5, 5.41) is 9.29. The van der Waals surface area contributed by atoms with Gasteiger partial charge in [-0.25, -0.2) is 4.21 Å². The van der Waals surface area contributed by atoms with E-state index in [2.05, 4.69) is 29.0 Å². The molecule has 140 valence electrons. The van der Waals surface area contributed by atoms with E-state index >= 15 is 0 Å². The third-order valence-corrected chi connectivity index (χ3v) is 4.98. The molecule has 0 aliphatic carbocycles. The molecular weight excluding hydrogens is 358 g/mol. The minimum Gasteiger partial charge on any atom is -0.392 e. The third kappa shape index (κ3) is 5.76. The number of aliphatic hydroxyl groups excluding tert-OH is 1. The predicted molar refractivity (Wildman–Crippen MR) is 110 cm³/mol. The van der Waals surface area contributed by atoms with Crippen LogP contribution in [0, 0.1) is 0 Å². The quantitative estimate of drug-likeness (QED) is 0.510. The van der Waals surface area contributed by atoms with Crippen molar-refractivity contribution in [1.82, 2.24) is 0 Å². The van der Waals surface area contributed by atoms with Crippen molar-refractivity contribution < 1.29 is 13.9 Å². The fraction of sp³-hybridized carbons (Fsp3) is 0.182. The van der Waals surface area contributed by atoms with Crippen LogP contribution in [0.4, 0.5) is 5.69 Å². The summed E-state index contributed by atoms with van der Waals surface area (Å²) in [5.41, 5.74) is 5.09. The van der Waals surface area contributed by atoms with Gasteiger partial charge in [-0.05, 0) is 53.1 Å². The Labute approximate surface area is 162 Å². The molecular formula is C22H23NO3S. The number of anilines is 1. The second kappa shape index (κ2) is 9.46. The Morgan fingerprint density at radius 2 is 1.48 bits per heavy atom. The lowest BCUT2D eigenvalue weighted by Gasteiger charge is -2.19. The molecule has 0 aliphatic rings. The zero-order valence-corrected chi connectivity index (χ0v) is 15.7. The van der Waals surface area contributed by atoms with Crippen molar-refractivity contribution >= 4 is 17.0 Å². The van der Waals surface area contributed by atoms with Crippen molar-refractivity contribution in [2.45, 2.75) is 25.4 Å². The lowest BCUT2D eigenvalue weighted by molar-refractivity contribution is 0.282. The van der Waals surface area contributed by atoms with Gasteiger partial charge < -0.3 is 5.11 Å². The van der Waals surface area contributed by atoms with Crippen LogP contribution in [0.2, 0.25) is 0 Å². The highest BCUT2D eigenvalue weighted by atomic mass is 32.2. The maximum absolute atomic E-state index is 11.0. The molecule has 0 radical (unpaired) electrons. The van der Waals surface area contributed by atoms with Gasteiger partial charge in [0.05, 0.1) is 6.61 Å². The van der Waals surface area contributed by atoms with Gasteiger partial charge in [0.15, 0.2) is 0 Å². The van der Waals surface area contributed by atoms with E-state index in [1.807, 2.05) is 48.5 Å². The van der Waals surface area contributed by atoms with Crippen LogP contribution in [0.5, 0.6) is 0 Å². The standard InChI is InChI=1S/C22H23NO3S/c24-16-18-9-11-20(12-10-18)21(13-17-5-2-1-3-6-17)14-19-7-4-8-22(15-19)23-27(25)26/h1-12,15,21,23-24H,13-14,16H2,(H,25,26). The molecule has 0 aliphatic heterocycles. The van der Waals surface area contributed by atoms with Crippen LogP contribution in [-0.4, -0.2) is 13.9 Å². The predicted octanol–water partition coefficient (Wildman–Crippen LogP) is 4.30. The van der Waals surface area contributed by atoms with Crippen molar-refractivity contribution in [2.75, 3.05) is 4.72 Å². The van der Waals surface area contributed by atoms with E-state index in [-0.39, 0.29) is 12.5 Å². The molecule has 27 heavy (non-hydrogen) atoms. The van der Waals surface area contributed by atoms with Crippen LogP contribution in [0.15, 0.2) is 78.9 Å². The summed E-state index contributed by atoms with van der Waals surface area (Å²) in [6.45, 7) is 0.0373. The van der Waals surface area contributed by atoms with E-state index in [0.29, 0.717) is 5.69 Å². The summed E-state index contributed by atoms with van der Waals surface area (Å²) in [6, 6.07) is 26.0. The smallest absolute Gasteiger partial charge is 0.259 e. The zero-order chi connectivity index (χ0) is 19.1. The second-order valence-corrected chi connectivity index (χ2v) is 7.24. The van der Waals surface area contributed by atoms with Crippen molar-refractivity contribution in [1.29, 1.82) is 0 Å². The summed E-state index contributed by atoms with van der Waals surface area (Å²) < 4.78 is 22.6. The Balaban J connectivity index is 1.85. The molecule has 5 heteroatoms. The molecule has 0 heterocycles. The summed E-state index contributed by atoms with van der Waals surface area (Å²) in [5.74, 6) is 0.259. The molecule has 0 aromatic heterocycles. The molecule has 2 unspecified atom stereocenters. The van der Waals surface area contributed by atoms with Gasteiger partial charge in [0, 0.05) is 5.69 Å². The van der Waals surface area contributed by atoms with Crippen molar-refractivity contribution in [2.24, 2.45) is 0 Å². The molecule has 3 N–H and O–H groups in total. The largest absolute Gasteiger partial charge is 0.392 e. The lowest BCUT2D eigenvalue weighted by Crippen LogP contribution is -2.08. The van der Waals surface area contributed by atoms with Gasteiger partial charge in [-0.1, -0.05) is 66.7 Å². The SMILES string of the molecule is O=S(O)Nc1cccc(CC(Cc2ccccc2)c2ccc(CO)cc2)c1. The highest BCUT2D eigenvalue weighted by Crippen LogP contribution is 2.27. The molecule has 0 fully saturated rings. The minimum absolute atomic E-state index is 0.0373. The number of rotatable bonds is 8. The van der Waals surface area contributed by atoms with Crippen molar-refractivity contribution in [3.63, 3.8) is 0 Å². The van der Waals surface area contributed by atoms with E-state index in [1.165, 1.54) is 11.1 Å². The first-order valence-electron chi connectivity index (χ1n) is 8.84. The first-order valence-corrected chi connectivity index (χ1v) is 9.95. The Morgan fingerprint density at radius 1 is 0.815 bits per heavy atom. The van der Waals surface area contributed by atoms with E-state index in [0.717, 1.165) is 24.0 Å². The Bertz CT molecular complexity index is 882. The second-order valence-electron chi connectivity index (χ2n) is 6.54. The van der Waals surface area contributed by atoms with E-state index in [1.54, 1.807) is 6.07 Å². The molecule has 0 saturated carbocycles. The number of hydrogen-bond acceptors (Lipinski definition) is 2. The summed E-state index contributed by atoms with van der Waals surface area (Å²) in [6.07, 6.45) is 1.70. The van der Waals surface area contributed by atoms with Gasteiger partial charge >= 0.3 is 0 Å². The number of nitrogens with one attached hydrogen (secondary N) is 1. The average molecular weight is 381 g/mol. The average Bonchev–Trinajstić information content (AvgIpc) is 2.68. The molecule has 3 aromatic carbocycles. The Morgan fingerprint density at radius 3 is 2.15 bits per heavy atom. The fourth-order valence-electron chi connectivity index (χ4n) is 3.25. The molecule has 3 rings (SSSR count). The topological polar surface area (TPSA) is 69.6 Å². The van der Waals surface area contributed by atoms with Gasteiger partial charge in [0.2, 0.25) is 0 Å². The maximum Gasteiger partial charge on any atom is 0.259 e. The third-order valence-electron chi connectivity index (χ3n) is 4.57. The lowest BCUT2D eigenvalue weighted by atomic mass is 9.86. The number of hydrogen-bond donors (Lipinski definition) is 3. The van der Waals surface area contributed by atoms with Gasteiger partial charge in [-0.3, -0.25) is 9.27 Å². The van der Waals surface area contributed by atoms with Crippen LogP contribution < -0.4 is 4.72 Å². The first kappa shape index (κ1) is 19.3. The molecule has 4 nitrogen and oxygen atoms in total. The number of aliphatic hydroxyl groups is 1. The fourth-order valence-corrected chi connectivity index (χ4v) is 3.58. The number of benzene rings is 3. The highest BCUT2D eigenvalue weighted by Gasteiger charge is 2.14. The van der Waals surface area contributed by atoms with Crippen LogP contribution in [0.1, 0.15) is 28.2 Å². The van der Waals surface area contributed by atoms with Crippen LogP contribution in [0.3, 0.4) is 0 Å². The van der Waals surface area contributed by atoms with E-state index in [9.17, 15) is 9.32 Å². The van der Waals surface area contributed by atoms with Crippen LogP contribution in [0.25, 0.3) is 0 Å². The van der Waals surface area contributed by atoms with Gasteiger partial charge in [0.25, 0.3) is 11.3 Å². The minimum atomic E-state index is -2.08. The first-order chi connectivity index (χ1) is 13.1. The van der Waals surface area contributed by atoms with Gasteiger partial charge in [0.1, 0.15) is 0 Å². The molecule has 3 aromatic rings. The van der Waals surface area contributed by atoms with Crippen molar-refractivity contribution in [3.8, 4) is 0 Å². The zero-order valence-electron chi connectivity index (χ0n) is 14.9. The summed E-state index contributed by atoms with van der Waals surface area (Å²) >= 11 is -2.08. The summed E-state index contributed by atoms with van der Waals surface area (Å²) in [7, 11) is 0. The Kier molecular flexibility index (Phi) is 6.76. The van der Waals surface area contributed by atoms with Crippen molar-refractivity contribution in [3.05, 3.63) is 101 Å². The summed E-state index contributed by atoms with van der Waals surface area (Å²) in [4.78, 5) is 0. The monoisotopic (exact) mass is 381 g/mol. The molecule has 0 bridgehead atoms. The molecule has 0 spiro atoms. The molecule has 0 amide bonds. The van der Waals surface area contributed by atoms with E-state index < -0.39 is 11.3 Å². The van der Waals surface area contributed by atoms with E-state index in [4.69, 9.17) is 4.55 Å². The normalized spacial score (nSPS) is 13.1. The van der Waals surface area contributed by atoms with Crippen LogP contribution in [-0.2, 0) is 30.7 Å². The highest BCUT2D eigenvalue weighted by molar-refractivity contribution is 7.80. The maximum atomic E-state index is 11.0. The van der Waals surface area contributed by atoms with Gasteiger partial charge in [-0.15, -0.1) is 0 Å². The van der Waals surface area contributed by atoms with Gasteiger partial charge in [-0.2, -0.15) is 0 Å².